The molecule has 1 aliphatic heterocycles. The maximum absolute atomic E-state index is 13.8. The molecule has 0 bridgehead atoms. The lowest BCUT2D eigenvalue weighted by molar-refractivity contribution is -0.137. The molecule has 0 saturated carbocycles. The van der Waals surface area contributed by atoms with Crippen molar-refractivity contribution in [2.45, 2.75) is 31.0 Å². The predicted molar refractivity (Wildman–Crippen MR) is 163 cm³/mol. The van der Waals surface area contributed by atoms with Crippen molar-refractivity contribution in [2.75, 3.05) is 14.2 Å². The Morgan fingerprint density at radius 2 is 1.40 bits per heavy atom. The molecule has 1 unspecified atom stereocenters. The van der Waals surface area contributed by atoms with E-state index in [0.29, 0.717) is 17.1 Å². The van der Waals surface area contributed by atoms with Crippen LogP contribution in [0.15, 0.2) is 97.1 Å². The van der Waals surface area contributed by atoms with E-state index in [4.69, 9.17) is 14.2 Å². The number of hydrogen-bond acceptors (Lipinski definition) is 3. The lowest BCUT2D eigenvalue weighted by Crippen LogP contribution is -2.35. The largest absolute Gasteiger partial charge is 0.497 e. The van der Waals surface area contributed by atoms with Crippen LogP contribution in [0.4, 0.5) is 13.2 Å². The lowest BCUT2D eigenvalue weighted by atomic mass is 9.76. The number of alkyl halides is 3. The average Bonchev–Trinajstić information content (AvgIpc) is 3.27. The smallest absolute Gasteiger partial charge is 0.416 e. The molecule has 1 atom stereocenters. The second kappa shape index (κ2) is 9.40. The lowest BCUT2D eigenvalue weighted by Gasteiger charge is -2.38. The van der Waals surface area contributed by atoms with Crippen LogP contribution in [0.25, 0.3) is 28.0 Å². The summed E-state index contributed by atoms with van der Waals surface area (Å²) < 4.78 is 59.8. The maximum atomic E-state index is 13.8. The van der Waals surface area contributed by atoms with Gasteiger partial charge in [-0.05, 0) is 76.2 Å². The van der Waals surface area contributed by atoms with Gasteiger partial charge in [-0.3, -0.25) is 0 Å². The Hall–Kier alpha value is -4.71. The third-order valence-corrected chi connectivity index (χ3v) is 8.89. The highest BCUT2D eigenvalue weighted by Crippen LogP contribution is 2.59. The molecule has 7 rings (SSSR count). The number of fused-ring (bicyclic) bond motifs is 8. The zero-order chi connectivity index (χ0) is 30.1. The number of ether oxygens (including phenoxy) is 3. The molecule has 216 valence electrons. The first-order valence-electron chi connectivity index (χ1n) is 14.1. The maximum Gasteiger partial charge on any atom is 0.416 e. The molecule has 0 saturated heterocycles. The Balaban J connectivity index is 1.54. The van der Waals surface area contributed by atoms with Crippen LogP contribution < -0.4 is 14.2 Å². The first-order chi connectivity index (χ1) is 20.6. The molecule has 0 amide bonds. The fourth-order valence-electron chi connectivity index (χ4n) is 6.77. The fraction of sp³-hybridized carbons (Fsp3) is 0.189. The summed E-state index contributed by atoms with van der Waals surface area (Å²) in [5.41, 5.74) is 3.69. The van der Waals surface area contributed by atoms with E-state index in [1.807, 2.05) is 86.6 Å². The summed E-state index contributed by atoms with van der Waals surface area (Å²) in [7, 11) is 3.25. The van der Waals surface area contributed by atoms with E-state index in [9.17, 15) is 13.2 Å². The van der Waals surface area contributed by atoms with Gasteiger partial charge in [-0.2, -0.15) is 13.2 Å². The zero-order valence-electron chi connectivity index (χ0n) is 24.2. The second-order valence-electron chi connectivity index (χ2n) is 11.6. The Morgan fingerprint density at radius 1 is 0.721 bits per heavy atom. The van der Waals surface area contributed by atoms with Crippen molar-refractivity contribution in [2.24, 2.45) is 0 Å². The van der Waals surface area contributed by atoms with Gasteiger partial charge in [0.05, 0.1) is 19.8 Å². The minimum absolute atomic E-state index is 0.645. The van der Waals surface area contributed by atoms with E-state index in [-0.39, 0.29) is 0 Å². The van der Waals surface area contributed by atoms with E-state index in [0.717, 1.165) is 49.9 Å². The molecular weight excluding hydrogens is 549 g/mol. The van der Waals surface area contributed by atoms with Crippen molar-refractivity contribution in [3.63, 3.8) is 0 Å². The summed E-state index contributed by atoms with van der Waals surface area (Å²) >= 11 is 0. The van der Waals surface area contributed by atoms with Gasteiger partial charge in [0.25, 0.3) is 0 Å². The number of halogens is 3. The molecule has 3 nitrogen and oxygen atoms in total. The van der Waals surface area contributed by atoms with Crippen LogP contribution in [0.5, 0.6) is 17.2 Å². The number of benzene rings is 5. The molecule has 5 aromatic rings. The van der Waals surface area contributed by atoms with Crippen molar-refractivity contribution in [3.05, 3.63) is 130 Å². The van der Waals surface area contributed by atoms with Crippen molar-refractivity contribution >= 4 is 16.8 Å². The van der Waals surface area contributed by atoms with Gasteiger partial charge in [-0.15, -0.1) is 0 Å². The molecule has 0 radical (unpaired) electrons. The van der Waals surface area contributed by atoms with Crippen molar-refractivity contribution < 1.29 is 27.4 Å². The van der Waals surface area contributed by atoms with Crippen molar-refractivity contribution in [3.8, 4) is 28.4 Å². The summed E-state index contributed by atoms with van der Waals surface area (Å²) in [5, 5.41) is 1.72. The van der Waals surface area contributed by atoms with E-state index >= 15 is 0 Å². The number of hydrogen-bond donors (Lipinski definition) is 0. The minimum atomic E-state index is -4.44. The van der Waals surface area contributed by atoms with Crippen molar-refractivity contribution in [1.29, 1.82) is 0 Å². The predicted octanol–water partition coefficient (Wildman–Crippen LogP) is 9.53. The molecule has 0 fully saturated rings. The highest BCUT2D eigenvalue weighted by molar-refractivity contribution is 6.09. The molecule has 2 aliphatic rings. The SMILES string of the molecule is COc1ccc(C2(c3ccccc3)C=Cc3c4c(c5ccc(OC)cc5c3O2)-c2ccc(C(F)(F)F)cc2C4(C)C)cc1. The van der Waals surface area contributed by atoms with Gasteiger partial charge in [0, 0.05) is 27.5 Å². The highest BCUT2D eigenvalue weighted by Gasteiger charge is 2.45. The second-order valence-corrected chi connectivity index (χ2v) is 11.6. The summed E-state index contributed by atoms with van der Waals surface area (Å²) in [6.45, 7) is 3.98. The Kier molecular flexibility index (Phi) is 5.93. The van der Waals surface area contributed by atoms with Gasteiger partial charge in [-0.25, -0.2) is 0 Å². The van der Waals surface area contributed by atoms with E-state index in [1.165, 1.54) is 12.1 Å². The number of methoxy groups -OCH3 is 2. The number of rotatable bonds is 4. The van der Waals surface area contributed by atoms with Crippen LogP contribution in [0.3, 0.4) is 0 Å². The van der Waals surface area contributed by atoms with Crippen LogP contribution in [-0.2, 0) is 17.2 Å². The van der Waals surface area contributed by atoms with E-state index in [1.54, 1.807) is 20.3 Å². The molecule has 0 spiro atoms. The summed E-state index contributed by atoms with van der Waals surface area (Å²) in [4.78, 5) is 0. The highest BCUT2D eigenvalue weighted by atomic mass is 19.4. The van der Waals surface area contributed by atoms with Gasteiger partial charge in [0.1, 0.15) is 17.2 Å². The Bertz CT molecular complexity index is 1920. The first-order valence-corrected chi connectivity index (χ1v) is 14.1. The standard InChI is InChI=1S/C37H29F3O3/c1-35(2)31-20-24(37(38,39)40)12-16-28(31)32-27-17-15-26(42-4)21-30(27)34-29(33(32)35)18-19-36(43-34,22-8-6-5-7-9-22)23-10-13-25(41-3)14-11-23/h5-21H,1-4H3. The summed E-state index contributed by atoms with van der Waals surface area (Å²) in [5.74, 6) is 2.05. The van der Waals surface area contributed by atoms with Gasteiger partial charge in [0.15, 0.2) is 5.60 Å². The van der Waals surface area contributed by atoms with Gasteiger partial charge in [-0.1, -0.05) is 68.5 Å². The van der Waals surface area contributed by atoms with Crippen LogP contribution in [0.2, 0.25) is 0 Å². The van der Waals surface area contributed by atoms with Crippen LogP contribution >= 0.6 is 0 Å². The van der Waals surface area contributed by atoms with E-state index in [2.05, 4.69) is 12.2 Å². The minimum Gasteiger partial charge on any atom is -0.497 e. The van der Waals surface area contributed by atoms with Crippen LogP contribution in [-0.4, -0.2) is 14.2 Å². The molecule has 5 aromatic carbocycles. The van der Waals surface area contributed by atoms with Gasteiger partial charge in [0.2, 0.25) is 0 Å². The van der Waals surface area contributed by atoms with Gasteiger partial charge < -0.3 is 14.2 Å². The Labute approximate surface area is 248 Å². The topological polar surface area (TPSA) is 27.7 Å². The third-order valence-electron chi connectivity index (χ3n) is 8.89. The normalized spacial score (nSPS) is 18.0. The third kappa shape index (κ3) is 3.96. The average molecular weight is 579 g/mol. The first kappa shape index (κ1) is 27.1. The fourth-order valence-corrected chi connectivity index (χ4v) is 6.77. The molecular formula is C37H29F3O3. The van der Waals surface area contributed by atoms with Crippen LogP contribution in [0.1, 0.15) is 47.2 Å². The zero-order valence-corrected chi connectivity index (χ0v) is 24.2. The molecule has 0 aromatic heterocycles. The molecule has 1 heterocycles. The Morgan fingerprint density at radius 3 is 2.07 bits per heavy atom. The van der Waals surface area contributed by atoms with Gasteiger partial charge >= 0.3 is 6.18 Å². The molecule has 43 heavy (non-hydrogen) atoms. The summed E-state index contributed by atoms with van der Waals surface area (Å²) in [6, 6.07) is 27.7. The summed E-state index contributed by atoms with van der Waals surface area (Å²) in [6.07, 6.45) is -0.309. The van der Waals surface area contributed by atoms with Crippen LogP contribution in [0, 0.1) is 0 Å². The molecule has 6 heteroatoms. The van der Waals surface area contributed by atoms with E-state index < -0.39 is 22.8 Å². The van der Waals surface area contributed by atoms with Crippen molar-refractivity contribution in [1.82, 2.24) is 0 Å². The monoisotopic (exact) mass is 578 g/mol. The molecule has 1 aliphatic carbocycles. The quantitative estimate of drug-likeness (QED) is 0.213. The molecule has 0 N–H and O–H groups in total.